The van der Waals surface area contributed by atoms with E-state index >= 15 is 0 Å². The first-order valence-corrected chi connectivity index (χ1v) is 10.8. The molecule has 1 aliphatic rings. The lowest BCUT2D eigenvalue weighted by molar-refractivity contribution is -0.384. The van der Waals surface area contributed by atoms with Crippen molar-refractivity contribution in [2.24, 2.45) is 7.05 Å². The van der Waals surface area contributed by atoms with Crippen LogP contribution in [0.4, 0.5) is 5.69 Å². The molecule has 0 N–H and O–H groups in total. The highest BCUT2D eigenvalue weighted by atomic mass is 35.5. The van der Waals surface area contributed by atoms with Gasteiger partial charge in [0.1, 0.15) is 5.75 Å². The van der Waals surface area contributed by atoms with Crippen molar-refractivity contribution >= 4 is 23.2 Å². The van der Waals surface area contributed by atoms with E-state index in [1.807, 2.05) is 24.9 Å². The molecule has 0 unspecified atom stereocenters. The maximum atomic E-state index is 12.9. The number of carbonyl (C=O) groups excluding carboxylic acids is 1. The Morgan fingerprint density at radius 1 is 1.21 bits per heavy atom. The van der Waals surface area contributed by atoms with Crippen LogP contribution in [0.2, 0.25) is 5.02 Å². The lowest BCUT2D eigenvalue weighted by Gasteiger charge is -2.34. The molecule has 0 radical (unpaired) electrons. The number of hydrogen-bond donors (Lipinski definition) is 0. The van der Waals surface area contributed by atoms with E-state index in [-0.39, 0.29) is 23.3 Å². The minimum absolute atomic E-state index is 0.0169. The number of amides is 1. The summed E-state index contributed by atoms with van der Waals surface area (Å²) in [5.74, 6) is 0.171. The number of non-ortho nitro benzene ring substituents is 1. The van der Waals surface area contributed by atoms with Crippen molar-refractivity contribution in [1.29, 1.82) is 0 Å². The minimum Gasteiger partial charge on any atom is -0.470 e. The van der Waals surface area contributed by atoms with Crippen molar-refractivity contribution in [2.75, 3.05) is 26.2 Å². The second-order valence-corrected chi connectivity index (χ2v) is 8.27. The van der Waals surface area contributed by atoms with Crippen LogP contribution in [0.25, 0.3) is 0 Å². The molecule has 0 saturated carbocycles. The molecule has 1 aromatic carbocycles. The zero-order valence-corrected chi connectivity index (χ0v) is 19.1. The Hall–Kier alpha value is -3.44. The van der Waals surface area contributed by atoms with Gasteiger partial charge in [0.2, 0.25) is 0 Å². The first kappa shape index (κ1) is 22.7. The first-order valence-electron chi connectivity index (χ1n) is 10.4. The van der Waals surface area contributed by atoms with Crippen LogP contribution >= 0.6 is 11.6 Å². The zero-order valence-electron chi connectivity index (χ0n) is 18.3. The van der Waals surface area contributed by atoms with Crippen LogP contribution < -0.4 is 4.74 Å². The van der Waals surface area contributed by atoms with Crippen molar-refractivity contribution in [3.8, 4) is 5.75 Å². The summed E-state index contributed by atoms with van der Waals surface area (Å²) in [6.07, 6.45) is 3.68. The SMILES string of the molecule is Cc1nn(C)cc1CN1CCN(C(=O)c2ccn(COc3ccc([N+](=O)[O-])cc3Cl)n2)CC1. The fraction of sp³-hybridized carbons (Fsp3) is 0.381. The second-order valence-electron chi connectivity index (χ2n) is 7.87. The third kappa shape index (κ3) is 5.32. The third-order valence-electron chi connectivity index (χ3n) is 5.51. The van der Waals surface area contributed by atoms with E-state index in [0.29, 0.717) is 24.5 Å². The Labute approximate surface area is 195 Å². The number of hydrogen-bond acceptors (Lipinski definition) is 7. The van der Waals surface area contributed by atoms with Crippen molar-refractivity contribution in [1.82, 2.24) is 29.4 Å². The van der Waals surface area contributed by atoms with Gasteiger partial charge in [-0.1, -0.05) is 11.6 Å². The summed E-state index contributed by atoms with van der Waals surface area (Å²) in [6.45, 7) is 5.65. The highest BCUT2D eigenvalue weighted by Gasteiger charge is 2.24. The standard InChI is InChI=1S/C21H24ClN7O4/c1-15-16(12-25(2)23-15)13-26-7-9-27(10-8-26)21(30)19-5-6-28(24-19)14-33-20-4-3-17(29(31)32)11-18(20)22/h3-6,11-12H,7-10,13-14H2,1-2H3. The molecular weight excluding hydrogens is 450 g/mol. The maximum Gasteiger partial charge on any atom is 0.274 e. The van der Waals surface area contributed by atoms with Gasteiger partial charge in [-0.25, -0.2) is 4.68 Å². The number of ether oxygens (including phenoxy) is 1. The molecule has 11 nitrogen and oxygen atoms in total. The number of halogens is 1. The Morgan fingerprint density at radius 2 is 1.97 bits per heavy atom. The summed E-state index contributed by atoms with van der Waals surface area (Å²) < 4.78 is 8.88. The summed E-state index contributed by atoms with van der Waals surface area (Å²) in [5, 5.41) is 19.6. The van der Waals surface area contributed by atoms with E-state index in [0.717, 1.165) is 25.3 Å². The van der Waals surface area contributed by atoms with Crippen molar-refractivity contribution in [2.45, 2.75) is 20.2 Å². The molecule has 0 atom stereocenters. The molecule has 3 heterocycles. The van der Waals surface area contributed by atoms with E-state index in [1.165, 1.54) is 28.4 Å². The molecule has 2 aromatic heterocycles. The van der Waals surface area contributed by atoms with E-state index in [1.54, 1.807) is 17.2 Å². The fourth-order valence-corrected chi connectivity index (χ4v) is 3.95. The van der Waals surface area contributed by atoms with Crippen LogP contribution in [0.15, 0.2) is 36.7 Å². The van der Waals surface area contributed by atoms with E-state index < -0.39 is 4.92 Å². The number of aromatic nitrogens is 4. The summed E-state index contributed by atoms with van der Waals surface area (Å²) in [7, 11) is 1.91. The van der Waals surface area contributed by atoms with E-state index in [9.17, 15) is 14.9 Å². The predicted molar refractivity (Wildman–Crippen MR) is 120 cm³/mol. The average Bonchev–Trinajstić information content (AvgIpc) is 3.38. The summed E-state index contributed by atoms with van der Waals surface area (Å²) >= 11 is 6.04. The molecular formula is C21H24ClN7O4. The minimum atomic E-state index is -0.527. The van der Waals surface area contributed by atoms with E-state index in [4.69, 9.17) is 16.3 Å². The smallest absolute Gasteiger partial charge is 0.274 e. The topological polar surface area (TPSA) is 112 Å². The van der Waals surface area contributed by atoms with Gasteiger partial charge in [0, 0.05) is 69.9 Å². The van der Waals surface area contributed by atoms with Gasteiger partial charge < -0.3 is 9.64 Å². The van der Waals surface area contributed by atoms with Gasteiger partial charge in [-0.2, -0.15) is 10.2 Å². The fourth-order valence-electron chi connectivity index (χ4n) is 3.72. The second kappa shape index (κ2) is 9.59. The predicted octanol–water partition coefficient (Wildman–Crippen LogP) is 2.48. The summed E-state index contributed by atoms with van der Waals surface area (Å²) in [5.41, 5.74) is 2.45. The van der Waals surface area contributed by atoms with Crippen LogP contribution in [0.5, 0.6) is 5.75 Å². The summed E-state index contributed by atoms with van der Waals surface area (Å²) in [4.78, 5) is 27.2. The van der Waals surface area contributed by atoms with Gasteiger partial charge in [-0.3, -0.25) is 24.5 Å². The monoisotopic (exact) mass is 473 g/mol. The maximum absolute atomic E-state index is 12.9. The molecule has 1 saturated heterocycles. The zero-order chi connectivity index (χ0) is 23.5. The molecule has 1 aliphatic heterocycles. The summed E-state index contributed by atoms with van der Waals surface area (Å²) in [6, 6.07) is 5.62. The van der Waals surface area contributed by atoms with Crippen molar-refractivity contribution in [3.63, 3.8) is 0 Å². The van der Waals surface area contributed by atoms with E-state index in [2.05, 4.69) is 15.1 Å². The number of rotatable bonds is 7. The van der Waals surface area contributed by atoms with Crippen LogP contribution in [-0.2, 0) is 20.3 Å². The number of benzene rings is 1. The third-order valence-corrected chi connectivity index (χ3v) is 5.80. The molecule has 4 rings (SSSR count). The number of nitro groups is 1. The van der Waals surface area contributed by atoms with Gasteiger partial charge in [0.25, 0.3) is 11.6 Å². The number of nitro benzene ring substituents is 1. The number of piperazine rings is 1. The Balaban J connectivity index is 1.29. The quantitative estimate of drug-likeness (QED) is 0.382. The van der Waals surface area contributed by atoms with Crippen LogP contribution in [-0.4, -0.2) is 66.4 Å². The molecule has 1 amide bonds. The van der Waals surface area contributed by atoms with Gasteiger partial charge in [0.05, 0.1) is 15.6 Å². The normalized spacial score (nSPS) is 14.5. The number of nitrogens with zero attached hydrogens (tertiary/aromatic N) is 7. The average molecular weight is 474 g/mol. The molecule has 0 bridgehead atoms. The Kier molecular flexibility index (Phi) is 6.61. The number of aryl methyl sites for hydroxylation is 2. The highest BCUT2D eigenvalue weighted by molar-refractivity contribution is 6.32. The molecule has 0 aliphatic carbocycles. The molecule has 0 spiro atoms. The van der Waals surface area contributed by atoms with Gasteiger partial charge in [-0.05, 0) is 19.1 Å². The lowest BCUT2D eigenvalue weighted by atomic mass is 10.2. The lowest BCUT2D eigenvalue weighted by Crippen LogP contribution is -2.48. The van der Waals surface area contributed by atoms with Crippen LogP contribution in [0.1, 0.15) is 21.7 Å². The van der Waals surface area contributed by atoms with Crippen LogP contribution in [0, 0.1) is 17.0 Å². The highest BCUT2D eigenvalue weighted by Crippen LogP contribution is 2.28. The number of carbonyl (C=O) groups is 1. The molecule has 3 aromatic rings. The largest absolute Gasteiger partial charge is 0.470 e. The molecule has 12 heteroatoms. The first-order chi connectivity index (χ1) is 15.8. The van der Waals surface area contributed by atoms with Crippen molar-refractivity contribution in [3.05, 3.63) is 68.7 Å². The van der Waals surface area contributed by atoms with Crippen molar-refractivity contribution < 1.29 is 14.5 Å². The Bertz CT molecular complexity index is 1170. The van der Waals surface area contributed by atoms with Gasteiger partial charge in [0.15, 0.2) is 12.4 Å². The Morgan fingerprint density at radius 3 is 2.61 bits per heavy atom. The van der Waals surface area contributed by atoms with Gasteiger partial charge in [-0.15, -0.1) is 0 Å². The molecule has 1 fully saturated rings. The van der Waals surface area contributed by atoms with Crippen LogP contribution in [0.3, 0.4) is 0 Å². The molecule has 33 heavy (non-hydrogen) atoms. The van der Waals surface area contributed by atoms with Gasteiger partial charge >= 0.3 is 0 Å². The molecule has 174 valence electrons.